The van der Waals surface area contributed by atoms with Crippen molar-refractivity contribution >= 4 is 40.6 Å². The SMILES string of the molecule is CSC1(c2cccc(C)c2-c2ccc3nc(N)c(N4CCOCC4)cc3c2)NCCN1C=O. The number of amides is 1. The number of nitrogens with two attached hydrogens (primary N) is 1. The van der Waals surface area contributed by atoms with Crippen LogP contribution in [0.4, 0.5) is 11.5 Å². The molecule has 1 unspecified atom stereocenters. The molecule has 1 atom stereocenters. The summed E-state index contributed by atoms with van der Waals surface area (Å²) in [7, 11) is 0. The van der Waals surface area contributed by atoms with Gasteiger partial charge in [0.2, 0.25) is 6.41 Å². The Morgan fingerprint density at radius 3 is 2.76 bits per heavy atom. The fourth-order valence-corrected chi connectivity index (χ4v) is 6.01. The van der Waals surface area contributed by atoms with Gasteiger partial charge in [-0.1, -0.05) is 24.3 Å². The molecular formula is C25H29N5O2S. The molecule has 1 aromatic heterocycles. The lowest BCUT2D eigenvalue weighted by Crippen LogP contribution is -2.45. The van der Waals surface area contributed by atoms with E-state index < -0.39 is 4.99 Å². The molecule has 0 bridgehead atoms. The van der Waals surface area contributed by atoms with Crippen molar-refractivity contribution in [2.24, 2.45) is 0 Å². The van der Waals surface area contributed by atoms with Crippen molar-refractivity contribution in [1.82, 2.24) is 15.2 Å². The van der Waals surface area contributed by atoms with E-state index >= 15 is 0 Å². The van der Waals surface area contributed by atoms with Gasteiger partial charge < -0.3 is 20.3 Å². The Kier molecular flexibility index (Phi) is 5.90. The largest absolute Gasteiger partial charge is 0.382 e. The summed E-state index contributed by atoms with van der Waals surface area (Å²) in [5, 5.41) is 4.63. The predicted octanol–water partition coefficient (Wildman–Crippen LogP) is 3.16. The molecule has 33 heavy (non-hydrogen) atoms. The van der Waals surface area contributed by atoms with Gasteiger partial charge in [0.1, 0.15) is 5.82 Å². The second-order valence-electron chi connectivity index (χ2n) is 8.47. The van der Waals surface area contributed by atoms with Gasteiger partial charge in [0.25, 0.3) is 0 Å². The zero-order chi connectivity index (χ0) is 23.0. The quantitative estimate of drug-likeness (QED) is 0.563. The van der Waals surface area contributed by atoms with Gasteiger partial charge in [0.15, 0.2) is 4.99 Å². The molecule has 0 spiro atoms. The minimum Gasteiger partial charge on any atom is -0.382 e. The van der Waals surface area contributed by atoms with Crippen LogP contribution in [0.2, 0.25) is 0 Å². The van der Waals surface area contributed by atoms with Crippen molar-refractivity contribution in [2.45, 2.75) is 11.9 Å². The summed E-state index contributed by atoms with van der Waals surface area (Å²) in [5.41, 5.74) is 12.6. The van der Waals surface area contributed by atoms with Gasteiger partial charge in [-0.3, -0.25) is 10.1 Å². The number of ether oxygens (including phenoxy) is 1. The van der Waals surface area contributed by atoms with Crippen LogP contribution in [-0.2, 0) is 14.5 Å². The number of pyridine rings is 1. The summed E-state index contributed by atoms with van der Waals surface area (Å²) in [6.07, 6.45) is 2.99. The van der Waals surface area contributed by atoms with Crippen molar-refractivity contribution in [3.63, 3.8) is 0 Å². The predicted molar refractivity (Wildman–Crippen MR) is 135 cm³/mol. The van der Waals surface area contributed by atoms with Crippen molar-refractivity contribution in [1.29, 1.82) is 0 Å². The van der Waals surface area contributed by atoms with E-state index in [0.29, 0.717) is 25.6 Å². The number of nitrogen functional groups attached to an aromatic ring is 1. The Morgan fingerprint density at radius 2 is 2.00 bits per heavy atom. The first-order valence-corrected chi connectivity index (χ1v) is 12.5. The fourth-order valence-electron chi connectivity index (χ4n) is 5.01. The second-order valence-corrected chi connectivity index (χ2v) is 9.47. The van der Waals surface area contributed by atoms with Crippen LogP contribution in [0.3, 0.4) is 0 Å². The Hall–Kier alpha value is -2.81. The normalized spacial score (nSPS) is 21.0. The molecule has 3 heterocycles. The number of benzene rings is 2. The van der Waals surface area contributed by atoms with E-state index in [1.165, 1.54) is 0 Å². The lowest BCUT2D eigenvalue weighted by Gasteiger charge is -2.36. The zero-order valence-corrected chi connectivity index (χ0v) is 19.8. The highest BCUT2D eigenvalue weighted by atomic mass is 32.2. The molecule has 172 valence electrons. The second kappa shape index (κ2) is 8.85. The number of carbonyl (C=O) groups excluding carboxylic acids is 1. The maximum atomic E-state index is 11.9. The van der Waals surface area contributed by atoms with Gasteiger partial charge in [0.05, 0.1) is 24.4 Å². The van der Waals surface area contributed by atoms with Gasteiger partial charge >= 0.3 is 0 Å². The van der Waals surface area contributed by atoms with Crippen LogP contribution in [0.25, 0.3) is 22.0 Å². The summed E-state index contributed by atoms with van der Waals surface area (Å²) in [6.45, 7) is 6.57. The van der Waals surface area contributed by atoms with Gasteiger partial charge in [-0.25, -0.2) is 4.98 Å². The van der Waals surface area contributed by atoms with E-state index in [4.69, 9.17) is 10.5 Å². The highest BCUT2D eigenvalue weighted by molar-refractivity contribution is 7.99. The van der Waals surface area contributed by atoms with Crippen molar-refractivity contribution in [3.8, 4) is 11.1 Å². The molecule has 3 aromatic rings. The minimum absolute atomic E-state index is 0.548. The number of thioether (sulfide) groups is 1. The molecular weight excluding hydrogens is 434 g/mol. The lowest BCUT2D eigenvalue weighted by atomic mass is 9.92. The van der Waals surface area contributed by atoms with Gasteiger partial charge in [-0.05, 0) is 48.1 Å². The molecule has 3 N–H and O–H groups in total. The zero-order valence-electron chi connectivity index (χ0n) is 19.0. The van der Waals surface area contributed by atoms with E-state index in [1.54, 1.807) is 11.8 Å². The Morgan fingerprint density at radius 1 is 1.18 bits per heavy atom. The van der Waals surface area contributed by atoms with Crippen molar-refractivity contribution in [3.05, 3.63) is 53.6 Å². The summed E-state index contributed by atoms with van der Waals surface area (Å²) in [4.78, 5) is 20.1. The minimum atomic E-state index is -0.587. The summed E-state index contributed by atoms with van der Waals surface area (Å²) in [5.74, 6) is 0.548. The number of morpholine rings is 1. The molecule has 2 aliphatic rings. The fraction of sp³-hybridized carbons (Fsp3) is 0.360. The standard InChI is InChI=1S/C25H29N5O2S/c1-17-4-3-5-20(25(33-2)27-8-9-30(25)16-31)23(17)18-6-7-21-19(14-18)15-22(24(26)28-21)29-10-12-32-13-11-29/h3-7,14-16,27H,8-13H2,1-2H3,(H2,26,28). The molecule has 1 amide bonds. The third-order valence-corrected chi connectivity index (χ3v) is 7.84. The molecule has 5 rings (SSSR count). The van der Waals surface area contributed by atoms with Crippen LogP contribution in [0.5, 0.6) is 0 Å². The average Bonchev–Trinajstić information content (AvgIpc) is 3.28. The van der Waals surface area contributed by atoms with E-state index in [0.717, 1.165) is 64.9 Å². The topological polar surface area (TPSA) is 83.7 Å². The number of nitrogens with one attached hydrogen (secondary N) is 1. The third kappa shape index (κ3) is 3.72. The molecule has 2 aromatic carbocycles. The number of hydrogen-bond donors (Lipinski definition) is 2. The van der Waals surface area contributed by atoms with Crippen LogP contribution < -0.4 is 16.0 Å². The Balaban J connectivity index is 1.65. The molecule has 2 aliphatic heterocycles. The molecule has 0 saturated carbocycles. The summed E-state index contributed by atoms with van der Waals surface area (Å²) in [6, 6.07) is 14.8. The van der Waals surface area contributed by atoms with Gasteiger partial charge in [-0.2, -0.15) is 0 Å². The average molecular weight is 464 g/mol. The van der Waals surface area contributed by atoms with E-state index in [-0.39, 0.29) is 0 Å². The first kappa shape index (κ1) is 22.0. The van der Waals surface area contributed by atoms with Crippen LogP contribution in [-0.4, -0.2) is 61.9 Å². The maximum Gasteiger partial charge on any atom is 0.212 e. The molecule has 0 radical (unpaired) electrons. The monoisotopic (exact) mass is 463 g/mol. The number of anilines is 2. The van der Waals surface area contributed by atoms with Crippen LogP contribution in [0.1, 0.15) is 11.1 Å². The number of nitrogens with zero attached hydrogens (tertiary/aromatic N) is 3. The number of rotatable bonds is 5. The molecule has 2 saturated heterocycles. The highest BCUT2D eigenvalue weighted by Crippen LogP contribution is 2.44. The van der Waals surface area contributed by atoms with Gasteiger partial charge in [-0.15, -0.1) is 11.8 Å². The number of aryl methyl sites for hydroxylation is 1. The summed E-state index contributed by atoms with van der Waals surface area (Å²) >= 11 is 1.65. The van der Waals surface area contributed by atoms with Crippen molar-refractivity contribution < 1.29 is 9.53 Å². The molecule has 8 heteroatoms. The first-order valence-electron chi connectivity index (χ1n) is 11.2. The molecule has 0 aliphatic carbocycles. The van der Waals surface area contributed by atoms with Crippen LogP contribution in [0, 0.1) is 6.92 Å². The van der Waals surface area contributed by atoms with Gasteiger partial charge in [0, 0.05) is 37.1 Å². The smallest absolute Gasteiger partial charge is 0.212 e. The number of aromatic nitrogens is 1. The number of fused-ring (bicyclic) bond motifs is 1. The highest BCUT2D eigenvalue weighted by Gasteiger charge is 2.43. The number of hydrogen-bond acceptors (Lipinski definition) is 7. The Bertz CT molecular complexity index is 1200. The van der Waals surface area contributed by atoms with E-state index in [9.17, 15) is 4.79 Å². The first-order chi connectivity index (χ1) is 16.1. The number of carbonyl (C=O) groups is 1. The Labute approximate surface area is 198 Å². The third-order valence-electron chi connectivity index (χ3n) is 6.65. The van der Waals surface area contributed by atoms with E-state index in [2.05, 4.69) is 58.5 Å². The molecule has 2 fully saturated rings. The van der Waals surface area contributed by atoms with Crippen LogP contribution >= 0.6 is 11.8 Å². The maximum absolute atomic E-state index is 11.9. The lowest BCUT2D eigenvalue weighted by molar-refractivity contribution is -0.119. The summed E-state index contributed by atoms with van der Waals surface area (Å²) < 4.78 is 5.50. The van der Waals surface area contributed by atoms with Crippen molar-refractivity contribution in [2.75, 3.05) is 56.3 Å². The van der Waals surface area contributed by atoms with Crippen LogP contribution in [0.15, 0.2) is 42.5 Å². The molecule has 7 nitrogen and oxygen atoms in total. The van der Waals surface area contributed by atoms with E-state index in [1.807, 2.05) is 17.2 Å².